The van der Waals surface area contributed by atoms with E-state index in [1.54, 1.807) is 12.1 Å². The number of hydrogen-bond acceptors (Lipinski definition) is 3. The van der Waals surface area contributed by atoms with Gasteiger partial charge >= 0.3 is 5.97 Å². The van der Waals surface area contributed by atoms with Gasteiger partial charge in [-0.25, -0.2) is 4.39 Å². The van der Waals surface area contributed by atoms with Crippen molar-refractivity contribution in [3.63, 3.8) is 0 Å². The van der Waals surface area contributed by atoms with Crippen LogP contribution in [0, 0.1) is 15.9 Å². The van der Waals surface area contributed by atoms with E-state index in [0.717, 1.165) is 0 Å². The lowest BCUT2D eigenvalue weighted by Gasteiger charge is -2.13. The summed E-state index contributed by atoms with van der Waals surface area (Å²) >= 11 is 0. The Labute approximate surface area is 119 Å². The fourth-order valence-electron chi connectivity index (χ4n) is 2.18. The van der Waals surface area contributed by atoms with Crippen LogP contribution >= 0.6 is 0 Å². The maximum atomic E-state index is 13.2. The Morgan fingerprint density at radius 2 is 1.95 bits per heavy atom. The molecule has 0 aromatic heterocycles. The third-order valence-corrected chi connectivity index (χ3v) is 3.14. The number of nitrogens with zero attached hydrogens (tertiary/aromatic N) is 1. The first kappa shape index (κ1) is 14.6. The zero-order valence-corrected chi connectivity index (χ0v) is 10.9. The molecule has 21 heavy (non-hydrogen) atoms. The van der Waals surface area contributed by atoms with E-state index in [1.165, 1.54) is 36.4 Å². The van der Waals surface area contributed by atoms with E-state index in [9.17, 15) is 24.4 Å². The van der Waals surface area contributed by atoms with Crippen LogP contribution in [0.15, 0.2) is 48.5 Å². The Hall–Kier alpha value is -2.76. The molecule has 0 radical (unpaired) electrons. The van der Waals surface area contributed by atoms with Crippen LogP contribution in [0.2, 0.25) is 0 Å². The van der Waals surface area contributed by atoms with Gasteiger partial charge in [0.1, 0.15) is 5.82 Å². The third-order valence-electron chi connectivity index (χ3n) is 3.14. The molecule has 5 nitrogen and oxygen atoms in total. The third kappa shape index (κ3) is 3.42. The Morgan fingerprint density at radius 1 is 1.24 bits per heavy atom. The van der Waals surface area contributed by atoms with E-state index < -0.39 is 22.6 Å². The minimum Gasteiger partial charge on any atom is -0.481 e. The van der Waals surface area contributed by atoms with E-state index in [1.807, 2.05) is 0 Å². The highest BCUT2D eigenvalue weighted by atomic mass is 19.1. The summed E-state index contributed by atoms with van der Waals surface area (Å²) in [4.78, 5) is 21.8. The molecule has 0 fully saturated rings. The highest BCUT2D eigenvalue weighted by molar-refractivity contribution is 5.78. The van der Waals surface area contributed by atoms with Crippen molar-refractivity contribution in [2.24, 2.45) is 0 Å². The van der Waals surface area contributed by atoms with Crippen LogP contribution in [0.5, 0.6) is 0 Å². The van der Waals surface area contributed by atoms with Gasteiger partial charge in [0.25, 0.3) is 5.69 Å². The first-order chi connectivity index (χ1) is 9.99. The summed E-state index contributed by atoms with van der Waals surface area (Å²) in [7, 11) is 0. The van der Waals surface area contributed by atoms with Crippen LogP contribution in [-0.4, -0.2) is 16.0 Å². The Kier molecular flexibility index (Phi) is 4.27. The Morgan fingerprint density at radius 3 is 2.57 bits per heavy atom. The zero-order chi connectivity index (χ0) is 15.4. The molecule has 0 bridgehead atoms. The second kappa shape index (κ2) is 6.13. The van der Waals surface area contributed by atoms with E-state index in [0.29, 0.717) is 5.56 Å². The second-order valence-electron chi connectivity index (χ2n) is 4.54. The number of carboxylic acid groups (broad SMARTS) is 1. The molecule has 0 saturated heterocycles. The molecule has 0 aliphatic heterocycles. The van der Waals surface area contributed by atoms with Gasteiger partial charge in [-0.05, 0) is 24.1 Å². The standard InChI is InChI=1S/C15H12FNO4/c16-11-5-3-4-10(8-11)9-13(15(18)19)12-6-1-2-7-14(12)17(20)21/h1-8,13H,9H2,(H,18,19). The number of carbonyl (C=O) groups is 1. The normalized spacial score (nSPS) is 11.9. The predicted octanol–water partition coefficient (Wildman–Crippen LogP) is 3.14. The molecule has 1 unspecified atom stereocenters. The van der Waals surface area contributed by atoms with Crippen LogP contribution in [0.3, 0.4) is 0 Å². The Balaban J connectivity index is 2.41. The number of carboxylic acids is 1. The van der Waals surface area contributed by atoms with Gasteiger partial charge < -0.3 is 5.11 Å². The van der Waals surface area contributed by atoms with E-state index >= 15 is 0 Å². The number of halogens is 1. The van der Waals surface area contributed by atoms with Gasteiger partial charge in [-0.15, -0.1) is 0 Å². The van der Waals surface area contributed by atoms with Crippen molar-refractivity contribution < 1.29 is 19.2 Å². The summed E-state index contributed by atoms with van der Waals surface area (Å²) in [5.74, 6) is -2.76. The summed E-state index contributed by atoms with van der Waals surface area (Å²) in [6.45, 7) is 0. The number of aliphatic carboxylic acids is 1. The summed E-state index contributed by atoms with van der Waals surface area (Å²) in [5, 5.41) is 20.4. The van der Waals surface area contributed by atoms with Crippen molar-refractivity contribution in [2.75, 3.05) is 0 Å². The highest BCUT2D eigenvalue weighted by Gasteiger charge is 2.27. The van der Waals surface area contributed by atoms with Crippen LogP contribution < -0.4 is 0 Å². The van der Waals surface area contributed by atoms with Crippen molar-refractivity contribution in [1.82, 2.24) is 0 Å². The quantitative estimate of drug-likeness (QED) is 0.677. The molecule has 2 aromatic carbocycles. The smallest absolute Gasteiger partial charge is 0.311 e. The summed E-state index contributed by atoms with van der Waals surface area (Å²) < 4.78 is 13.2. The number of para-hydroxylation sites is 1. The summed E-state index contributed by atoms with van der Waals surface area (Å²) in [6, 6.07) is 11.2. The fourth-order valence-corrected chi connectivity index (χ4v) is 2.18. The van der Waals surface area contributed by atoms with Crippen LogP contribution in [0.25, 0.3) is 0 Å². The molecule has 1 atom stereocenters. The minimum atomic E-state index is -1.19. The number of benzene rings is 2. The number of hydrogen-bond donors (Lipinski definition) is 1. The number of nitro groups is 1. The molecule has 2 aromatic rings. The monoisotopic (exact) mass is 289 g/mol. The second-order valence-corrected chi connectivity index (χ2v) is 4.54. The molecular weight excluding hydrogens is 277 g/mol. The van der Waals surface area contributed by atoms with Crippen molar-refractivity contribution in [3.8, 4) is 0 Å². The topological polar surface area (TPSA) is 80.4 Å². The maximum absolute atomic E-state index is 13.2. The Bertz CT molecular complexity index is 687. The summed E-state index contributed by atoms with van der Waals surface area (Å²) in [5.41, 5.74) is 0.334. The molecular formula is C15H12FNO4. The number of rotatable bonds is 5. The van der Waals surface area contributed by atoms with Gasteiger partial charge in [-0.2, -0.15) is 0 Å². The largest absolute Gasteiger partial charge is 0.481 e. The lowest BCUT2D eigenvalue weighted by molar-refractivity contribution is -0.385. The van der Waals surface area contributed by atoms with E-state index in [-0.39, 0.29) is 17.7 Å². The maximum Gasteiger partial charge on any atom is 0.311 e. The van der Waals surface area contributed by atoms with Gasteiger partial charge in [-0.1, -0.05) is 30.3 Å². The van der Waals surface area contributed by atoms with E-state index in [2.05, 4.69) is 0 Å². The predicted molar refractivity (Wildman–Crippen MR) is 73.6 cm³/mol. The average Bonchev–Trinajstić information content (AvgIpc) is 2.44. The van der Waals surface area contributed by atoms with Gasteiger partial charge in [0.15, 0.2) is 0 Å². The van der Waals surface area contributed by atoms with Gasteiger partial charge in [-0.3, -0.25) is 14.9 Å². The van der Waals surface area contributed by atoms with Crippen LogP contribution in [0.1, 0.15) is 17.0 Å². The van der Waals surface area contributed by atoms with Gasteiger partial charge in [0.2, 0.25) is 0 Å². The van der Waals surface area contributed by atoms with Crippen LogP contribution in [0.4, 0.5) is 10.1 Å². The molecule has 2 rings (SSSR count). The molecule has 0 aliphatic rings. The zero-order valence-electron chi connectivity index (χ0n) is 10.9. The van der Waals surface area contributed by atoms with Gasteiger partial charge in [0.05, 0.1) is 10.8 Å². The average molecular weight is 289 g/mol. The van der Waals surface area contributed by atoms with Crippen molar-refractivity contribution in [2.45, 2.75) is 12.3 Å². The highest BCUT2D eigenvalue weighted by Crippen LogP contribution is 2.29. The minimum absolute atomic E-state index is 0.0159. The lowest BCUT2D eigenvalue weighted by atomic mass is 9.91. The van der Waals surface area contributed by atoms with Crippen LogP contribution in [-0.2, 0) is 11.2 Å². The molecule has 0 heterocycles. The number of nitro benzene ring substituents is 1. The molecule has 0 aliphatic carbocycles. The van der Waals surface area contributed by atoms with Crippen molar-refractivity contribution >= 4 is 11.7 Å². The molecule has 0 spiro atoms. The SMILES string of the molecule is O=C(O)C(Cc1cccc(F)c1)c1ccccc1[N+](=O)[O-]. The molecule has 1 N–H and O–H groups in total. The van der Waals surface area contributed by atoms with Gasteiger partial charge in [0, 0.05) is 11.6 Å². The molecule has 0 amide bonds. The first-order valence-corrected chi connectivity index (χ1v) is 6.19. The molecule has 0 saturated carbocycles. The molecule has 6 heteroatoms. The first-order valence-electron chi connectivity index (χ1n) is 6.19. The molecule has 108 valence electrons. The van der Waals surface area contributed by atoms with Crippen molar-refractivity contribution in [1.29, 1.82) is 0 Å². The summed E-state index contributed by atoms with van der Waals surface area (Å²) in [6.07, 6.45) is -0.0159. The van der Waals surface area contributed by atoms with E-state index in [4.69, 9.17) is 0 Å². The fraction of sp³-hybridized carbons (Fsp3) is 0.133. The lowest BCUT2D eigenvalue weighted by Crippen LogP contribution is -2.16. The van der Waals surface area contributed by atoms with Crippen molar-refractivity contribution in [3.05, 3.63) is 75.6 Å².